The Morgan fingerprint density at radius 2 is 1.96 bits per heavy atom. The van der Waals surface area contributed by atoms with Gasteiger partial charge in [-0.2, -0.15) is 9.61 Å². The van der Waals surface area contributed by atoms with Crippen molar-refractivity contribution in [3.8, 4) is 5.82 Å². The van der Waals surface area contributed by atoms with Crippen LogP contribution in [0.4, 0.5) is 0 Å². The summed E-state index contributed by atoms with van der Waals surface area (Å²) in [6.07, 6.45) is 12.6. The number of hydrogen-bond acceptors (Lipinski definition) is 5. The zero-order valence-electron chi connectivity index (χ0n) is 15.7. The number of amides is 1. The maximum Gasteiger partial charge on any atom is 0.226 e. The quantitative estimate of drug-likeness (QED) is 0.655. The summed E-state index contributed by atoms with van der Waals surface area (Å²) in [5.74, 6) is 2.33. The zero-order valence-corrected chi connectivity index (χ0v) is 15.7. The van der Waals surface area contributed by atoms with E-state index in [1.807, 2.05) is 33.8 Å². The van der Waals surface area contributed by atoms with Crippen LogP contribution in [0.5, 0.6) is 0 Å². The van der Waals surface area contributed by atoms with Crippen molar-refractivity contribution in [3.05, 3.63) is 48.6 Å². The molecule has 2 aliphatic rings. The van der Waals surface area contributed by atoms with Crippen molar-refractivity contribution in [2.24, 2.45) is 5.92 Å². The van der Waals surface area contributed by atoms with Crippen LogP contribution in [0.1, 0.15) is 43.8 Å². The van der Waals surface area contributed by atoms with Gasteiger partial charge in [0.1, 0.15) is 0 Å². The lowest BCUT2D eigenvalue weighted by Gasteiger charge is -2.34. The fourth-order valence-electron chi connectivity index (χ4n) is 4.21. The zero-order chi connectivity index (χ0) is 18.9. The highest BCUT2D eigenvalue weighted by molar-refractivity contribution is 5.79. The fraction of sp³-hybridized carbons (Fsp3) is 0.450. The molecule has 8 nitrogen and oxygen atoms in total. The predicted molar refractivity (Wildman–Crippen MR) is 103 cm³/mol. The van der Waals surface area contributed by atoms with E-state index in [0.717, 1.165) is 62.5 Å². The standard InChI is InChI=1S/C20H23N7O/c28-20(16-5-2-1-3-6-16)25-13-9-15(10-14-25)19-23-22-17-7-8-18(24-27(17)19)26-12-4-11-21-26/h1-2,4,7-8,11-12,15-16H,3,5-6,9-10,13-14H2. The number of nitrogens with zero attached hydrogens (tertiary/aromatic N) is 7. The second kappa shape index (κ2) is 7.18. The van der Waals surface area contributed by atoms with Gasteiger partial charge in [0, 0.05) is 37.3 Å². The SMILES string of the molecule is O=C(C1CC=CCC1)N1CCC(c2nnc3ccc(-n4cccn4)nn23)CC1. The van der Waals surface area contributed by atoms with Gasteiger partial charge in [0.2, 0.25) is 5.91 Å². The first-order valence-corrected chi connectivity index (χ1v) is 9.96. The van der Waals surface area contributed by atoms with Crippen LogP contribution in [0.15, 0.2) is 42.7 Å². The molecule has 0 aromatic carbocycles. The number of carbonyl (C=O) groups excluding carboxylic acids is 1. The third-order valence-electron chi connectivity index (χ3n) is 5.80. The minimum Gasteiger partial charge on any atom is -0.342 e. The highest BCUT2D eigenvalue weighted by Gasteiger charge is 2.30. The van der Waals surface area contributed by atoms with E-state index in [0.29, 0.717) is 5.91 Å². The lowest BCUT2D eigenvalue weighted by Crippen LogP contribution is -2.41. The summed E-state index contributed by atoms with van der Waals surface area (Å²) < 4.78 is 3.55. The highest BCUT2D eigenvalue weighted by atomic mass is 16.2. The van der Waals surface area contributed by atoms with Crippen LogP contribution in [0.3, 0.4) is 0 Å². The van der Waals surface area contributed by atoms with Crippen LogP contribution in [-0.4, -0.2) is 53.5 Å². The molecule has 28 heavy (non-hydrogen) atoms. The van der Waals surface area contributed by atoms with Crippen LogP contribution in [0.2, 0.25) is 0 Å². The fourth-order valence-corrected chi connectivity index (χ4v) is 4.21. The Hall–Kier alpha value is -3.03. The summed E-state index contributed by atoms with van der Waals surface area (Å²) in [4.78, 5) is 14.8. The molecule has 8 heteroatoms. The Kier molecular flexibility index (Phi) is 4.38. The monoisotopic (exact) mass is 377 g/mol. The van der Waals surface area contributed by atoms with Crippen molar-refractivity contribution >= 4 is 11.6 Å². The van der Waals surface area contributed by atoms with E-state index in [9.17, 15) is 4.79 Å². The predicted octanol–water partition coefficient (Wildman–Crippen LogP) is 2.37. The number of allylic oxidation sites excluding steroid dienone is 2. The lowest BCUT2D eigenvalue weighted by molar-refractivity contribution is -0.136. The number of carbonyl (C=O) groups is 1. The average molecular weight is 377 g/mol. The minimum absolute atomic E-state index is 0.161. The molecule has 0 saturated carbocycles. The van der Waals surface area contributed by atoms with Crippen LogP contribution >= 0.6 is 0 Å². The van der Waals surface area contributed by atoms with E-state index < -0.39 is 0 Å². The van der Waals surface area contributed by atoms with E-state index in [1.54, 1.807) is 10.9 Å². The number of rotatable bonds is 3. The molecular formula is C20H23N7O. The summed E-state index contributed by atoms with van der Waals surface area (Å²) >= 11 is 0. The van der Waals surface area contributed by atoms with Crippen molar-refractivity contribution in [1.29, 1.82) is 0 Å². The number of piperidine rings is 1. The maximum absolute atomic E-state index is 12.8. The van der Waals surface area contributed by atoms with Gasteiger partial charge in [0.05, 0.1) is 0 Å². The lowest BCUT2D eigenvalue weighted by atomic mass is 9.90. The molecule has 0 bridgehead atoms. The molecule has 4 heterocycles. The van der Waals surface area contributed by atoms with E-state index in [2.05, 4.69) is 32.5 Å². The van der Waals surface area contributed by atoms with Gasteiger partial charge in [0.25, 0.3) is 0 Å². The van der Waals surface area contributed by atoms with Gasteiger partial charge in [-0.25, -0.2) is 4.68 Å². The molecule has 1 amide bonds. The van der Waals surface area contributed by atoms with E-state index in [4.69, 9.17) is 0 Å². The molecule has 1 aliphatic carbocycles. The summed E-state index contributed by atoms with van der Waals surface area (Å²) in [6.45, 7) is 1.55. The van der Waals surface area contributed by atoms with Gasteiger partial charge in [-0.15, -0.1) is 15.3 Å². The van der Waals surface area contributed by atoms with Crippen LogP contribution in [0.25, 0.3) is 11.5 Å². The third kappa shape index (κ3) is 3.08. The Balaban J connectivity index is 1.32. The number of likely N-dealkylation sites (tertiary alicyclic amines) is 1. The minimum atomic E-state index is 0.161. The average Bonchev–Trinajstić information content (AvgIpc) is 3.44. The molecule has 1 saturated heterocycles. The Labute approximate surface area is 162 Å². The Morgan fingerprint density at radius 3 is 2.71 bits per heavy atom. The molecule has 5 rings (SSSR count). The Bertz CT molecular complexity index is 999. The molecule has 144 valence electrons. The summed E-state index contributed by atoms with van der Waals surface area (Å²) in [6, 6.07) is 5.67. The smallest absolute Gasteiger partial charge is 0.226 e. The Morgan fingerprint density at radius 1 is 1.07 bits per heavy atom. The van der Waals surface area contributed by atoms with Crippen molar-refractivity contribution in [2.75, 3.05) is 13.1 Å². The summed E-state index contributed by atoms with van der Waals surface area (Å²) in [5, 5.41) is 17.6. The van der Waals surface area contributed by atoms with Crippen molar-refractivity contribution < 1.29 is 4.79 Å². The first kappa shape index (κ1) is 17.1. The number of aromatic nitrogens is 6. The van der Waals surface area contributed by atoms with Gasteiger partial charge in [-0.05, 0) is 50.3 Å². The summed E-state index contributed by atoms with van der Waals surface area (Å²) in [5.41, 5.74) is 0.735. The third-order valence-corrected chi connectivity index (χ3v) is 5.80. The van der Waals surface area contributed by atoms with Gasteiger partial charge in [-0.3, -0.25) is 4.79 Å². The molecule has 3 aromatic rings. The van der Waals surface area contributed by atoms with Gasteiger partial charge in [-0.1, -0.05) is 12.2 Å². The van der Waals surface area contributed by atoms with Gasteiger partial charge >= 0.3 is 0 Å². The van der Waals surface area contributed by atoms with E-state index in [1.165, 1.54) is 0 Å². The van der Waals surface area contributed by atoms with E-state index >= 15 is 0 Å². The summed E-state index contributed by atoms with van der Waals surface area (Å²) in [7, 11) is 0. The molecule has 1 unspecified atom stereocenters. The first-order chi connectivity index (χ1) is 13.8. The second-order valence-electron chi connectivity index (χ2n) is 7.55. The van der Waals surface area contributed by atoms with Gasteiger partial charge < -0.3 is 4.90 Å². The molecule has 1 atom stereocenters. The van der Waals surface area contributed by atoms with E-state index in [-0.39, 0.29) is 11.8 Å². The molecule has 0 radical (unpaired) electrons. The van der Waals surface area contributed by atoms with Crippen LogP contribution in [0, 0.1) is 5.92 Å². The molecule has 1 aliphatic heterocycles. The normalized spacial score (nSPS) is 20.7. The molecular weight excluding hydrogens is 354 g/mol. The molecule has 3 aromatic heterocycles. The second-order valence-corrected chi connectivity index (χ2v) is 7.55. The molecule has 1 fully saturated rings. The maximum atomic E-state index is 12.8. The van der Waals surface area contributed by atoms with Crippen molar-refractivity contribution in [1.82, 2.24) is 34.5 Å². The number of fused-ring (bicyclic) bond motifs is 1. The van der Waals surface area contributed by atoms with Crippen LogP contribution in [-0.2, 0) is 4.79 Å². The van der Waals surface area contributed by atoms with Gasteiger partial charge in [0.15, 0.2) is 17.3 Å². The largest absolute Gasteiger partial charge is 0.342 e. The first-order valence-electron chi connectivity index (χ1n) is 9.96. The molecule has 0 spiro atoms. The number of hydrogen-bond donors (Lipinski definition) is 0. The van der Waals surface area contributed by atoms with Crippen LogP contribution < -0.4 is 0 Å². The van der Waals surface area contributed by atoms with Crippen molar-refractivity contribution in [2.45, 2.75) is 38.0 Å². The van der Waals surface area contributed by atoms with Crippen molar-refractivity contribution in [3.63, 3.8) is 0 Å². The highest BCUT2D eigenvalue weighted by Crippen LogP contribution is 2.29. The topological polar surface area (TPSA) is 81.2 Å². The molecule has 0 N–H and O–H groups in total.